The van der Waals surface area contributed by atoms with Gasteiger partial charge in [0, 0.05) is 11.5 Å². The topological polar surface area (TPSA) is 22.1 Å². The van der Waals surface area contributed by atoms with Gasteiger partial charge in [0.15, 0.2) is 0 Å². The molecular weight excluding hydrogens is 258 g/mol. The average molecular weight is 277 g/mol. The highest BCUT2D eigenvalue weighted by atomic mass is 16.5. The molecule has 0 saturated carbocycles. The van der Waals surface area contributed by atoms with Crippen molar-refractivity contribution in [3.63, 3.8) is 0 Å². The minimum Gasteiger partial charge on any atom is -0.473 e. The Labute approximate surface area is 125 Å². The van der Waals surface area contributed by atoms with Crippen LogP contribution in [0.15, 0.2) is 54.6 Å². The maximum Gasteiger partial charge on any atom is 0.214 e. The molecule has 106 valence electrons. The summed E-state index contributed by atoms with van der Waals surface area (Å²) in [5.74, 6) is 0.686. The van der Waals surface area contributed by atoms with E-state index in [1.165, 1.54) is 22.1 Å². The molecule has 0 fully saturated rings. The van der Waals surface area contributed by atoms with Gasteiger partial charge in [-0.05, 0) is 36.1 Å². The Morgan fingerprint density at radius 1 is 0.952 bits per heavy atom. The molecular formula is C19H19NO. The number of fused-ring (bicyclic) bond motifs is 1. The van der Waals surface area contributed by atoms with Crippen LogP contribution in [-0.4, -0.2) is 4.98 Å². The zero-order valence-corrected chi connectivity index (χ0v) is 12.5. The van der Waals surface area contributed by atoms with Crippen molar-refractivity contribution < 1.29 is 4.74 Å². The molecule has 0 N–H and O–H groups in total. The Balaban J connectivity index is 1.78. The number of nitrogens with zero attached hydrogens (tertiary/aromatic N) is 1. The lowest BCUT2D eigenvalue weighted by atomic mass is 10.1. The van der Waals surface area contributed by atoms with Gasteiger partial charge in [0.2, 0.25) is 5.88 Å². The first kappa shape index (κ1) is 13.6. The van der Waals surface area contributed by atoms with Crippen molar-refractivity contribution in [2.45, 2.75) is 26.9 Å². The van der Waals surface area contributed by atoms with Crippen LogP contribution in [0.25, 0.3) is 10.9 Å². The monoisotopic (exact) mass is 277 g/mol. The van der Waals surface area contributed by atoms with Crippen LogP contribution in [-0.2, 0) is 13.0 Å². The number of benzene rings is 2. The van der Waals surface area contributed by atoms with E-state index in [0.29, 0.717) is 12.5 Å². The van der Waals surface area contributed by atoms with Gasteiger partial charge in [0.25, 0.3) is 0 Å². The molecule has 0 amide bonds. The molecule has 0 aliphatic heterocycles. The Hall–Kier alpha value is -2.35. The smallest absolute Gasteiger partial charge is 0.214 e. The zero-order valence-electron chi connectivity index (χ0n) is 12.5. The maximum absolute atomic E-state index is 5.84. The number of hydrogen-bond acceptors (Lipinski definition) is 2. The highest BCUT2D eigenvalue weighted by Gasteiger charge is 2.03. The molecule has 2 aromatic carbocycles. The van der Waals surface area contributed by atoms with E-state index >= 15 is 0 Å². The second kappa shape index (κ2) is 5.96. The molecule has 0 unspecified atom stereocenters. The molecule has 0 atom stereocenters. The summed E-state index contributed by atoms with van der Waals surface area (Å²) < 4.78 is 5.84. The largest absolute Gasteiger partial charge is 0.473 e. The normalized spacial score (nSPS) is 10.8. The standard InChI is InChI=1S/C19H19NO/c1-3-15-8-10-16(11-9-15)13-21-19-12-14(2)17-6-4-5-7-18(17)20-19/h4-12H,3,13H2,1-2H3. The van der Waals surface area contributed by atoms with Gasteiger partial charge in [0.1, 0.15) is 6.61 Å². The van der Waals surface area contributed by atoms with Gasteiger partial charge in [-0.15, -0.1) is 0 Å². The number of hydrogen-bond donors (Lipinski definition) is 0. The summed E-state index contributed by atoms with van der Waals surface area (Å²) in [4.78, 5) is 4.56. The summed E-state index contributed by atoms with van der Waals surface area (Å²) in [5.41, 5.74) is 4.68. The van der Waals surface area contributed by atoms with Gasteiger partial charge in [-0.1, -0.05) is 49.4 Å². The SMILES string of the molecule is CCc1ccc(COc2cc(C)c3ccccc3n2)cc1. The van der Waals surface area contributed by atoms with E-state index in [9.17, 15) is 0 Å². The van der Waals surface area contributed by atoms with Crippen molar-refractivity contribution in [1.82, 2.24) is 4.98 Å². The fraction of sp³-hybridized carbons (Fsp3) is 0.211. The summed E-state index contributed by atoms with van der Waals surface area (Å²) >= 11 is 0. The zero-order chi connectivity index (χ0) is 14.7. The molecule has 0 radical (unpaired) electrons. The molecule has 3 aromatic rings. The van der Waals surface area contributed by atoms with E-state index in [1.54, 1.807) is 0 Å². The van der Waals surface area contributed by atoms with Gasteiger partial charge < -0.3 is 4.74 Å². The predicted molar refractivity (Wildman–Crippen MR) is 86.6 cm³/mol. The van der Waals surface area contributed by atoms with Gasteiger partial charge in [-0.2, -0.15) is 0 Å². The summed E-state index contributed by atoms with van der Waals surface area (Å²) in [6.45, 7) is 4.80. The van der Waals surface area contributed by atoms with Crippen molar-refractivity contribution in [1.29, 1.82) is 0 Å². The molecule has 0 saturated heterocycles. The van der Waals surface area contributed by atoms with Crippen molar-refractivity contribution in [2.24, 2.45) is 0 Å². The number of pyridine rings is 1. The third-order valence-electron chi connectivity index (χ3n) is 3.72. The van der Waals surface area contributed by atoms with E-state index in [-0.39, 0.29) is 0 Å². The number of ether oxygens (including phenoxy) is 1. The van der Waals surface area contributed by atoms with Crippen molar-refractivity contribution in [3.05, 3.63) is 71.3 Å². The second-order valence-corrected chi connectivity index (χ2v) is 5.25. The second-order valence-electron chi connectivity index (χ2n) is 5.25. The third-order valence-corrected chi connectivity index (χ3v) is 3.72. The first-order valence-corrected chi connectivity index (χ1v) is 7.33. The van der Waals surface area contributed by atoms with Crippen molar-refractivity contribution in [2.75, 3.05) is 0 Å². The van der Waals surface area contributed by atoms with E-state index in [1.807, 2.05) is 24.3 Å². The molecule has 2 nitrogen and oxygen atoms in total. The minimum absolute atomic E-state index is 0.550. The van der Waals surface area contributed by atoms with Crippen LogP contribution in [0.3, 0.4) is 0 Å². The quantitative estimate of drug-likeness (QED) is 0.690. The third kappa shape index (κ3) is 3.05. The maximum atomic E-state index is 5.84. The Morgan fingerprint density at radius 2 is 1.67 bits per heavy atom. The Bertz CT molecular complexity index is 747. The number of rotatable bonds is 4. The van der Waals surface area contributed by atoms with Crippen LogP contribution < -0.4 is 4.74 Å². The van der Waals surface area contributed by atoms with Crippen LogP contribution in [0, 0.1) is 6.92 Å². The number of aromatic nitrogens is 1. The van der Waals surface area contributed by atoms with Gasteiger partial charge in [0.05, 0.1) is 5.52 Å². The highest BCUT2D eigenvalue weighted by Crippen LogP contribution is 2.21. The lowest BCUT2D eigenvalue weighted by molar-refractivity contribution is 0.295. The Morgan fingerprint density at radius 3 is 2.43 bits per heavy atom. The van der Waals surface area contributed by atoms with Crippen LogP contribution in [0.2, 0.25) is 0 Å². The molecule has 0 aliphatic rings. The molecule has 21 heavy (non-hydrogen) atoms. The minimum atomic E-state index is 0.550. The van der Waals surface area contributed by atoms with Crippen molar-refractivity contribution >= 4 is 10.9 Å². The summed E-state index contributed by atoms with van der Waals surface area (Å²) in [6.07, 6.45) is 1.06. The molecule has 0 spiro atoms. The van der Waals surface area contributed by atoms with Crippen LogP contribution in [0.5, 0.6) is 5.88 Å². The van der Waals surface area contributed by atoms with Crippen LogP contribution in [0.1, 0.15) is 23.6 Å². The van der Waals surface area contributed by atoms with Crippen LogP contribution >= 0.6 is 0 Å². The number of para-hydroxylation sites is 1. The lowest BCUT2D eigenvalue weighted by Crippen LogP contribution is -1.98. The van der Waals surface area contributed by atoms with Gasteiger partial charge in [-0.25, -0.2) is 4.98 Å². The van der Waals surface area contributed by atoms with E-state index < -0.39 is 0 Å². The summed E-state index contributed by atoms with van der Waals surface area (Å²) in [7, 11) is 0. The fourth-order valence-electron chi connectivity index (χ4n) is 2.42. The molecule has 1 heterocycles. The molecule has 0 aliphatic carbocycles. The summed E-state index contributed by atoms with van der Waals surface area (Å²) in [6, 6.07) is 18.7. The van der Waals surface area contributed by atoms with E-state index in [0.717, 1.165) is 11.9 Å². The van der Waals surface area contributed by atoms with Crippen molar-refractivity contribution in [3.8, 4) is 5.88 Å². The van der Waals surface area contributed by atoms with E-state index in [2.05, 4.69) is 49.2 Å². The molecule has 2 heteroatoms. The van der Waals surface area contributed by atoms with Gasteiger partial charge >= 0.3 is 0 Å². The van der Waals surface area contributed by atoms with E-state index in [4.69, 9.17) is 4.74 Å². The molecule has 3 rings (SSSR count). The fourth-order valence-corrected chi connectivity index (χ4v) is 2.42. The first-order chi connectivity index (χ1) is 10.3. The predicted octanol–water partition coefficient (Wildman–Crippen LogP) is 4.68. The van der Waals surface area contributed by atoms with Crippen LogP contribution in [0.4, 0.5) is 0 Å². The molecule has 1 aromatic heterocycles. The molecule has 0 bridgehead atoms. The summed E-state index contributed by atoms with van der Waals surface area (Å²) in [5, 5.41) is 1.18. The Kier molecular flexibility index (Phi) is 3.87. The first-order valence-electron chi connectivity index (χ1n) is 7.33. The van der Waals surface area contributed by atoms with Gasteiger partial charge in [-0.3, -0.25) is 0 Å². The number of aryl methyl sites for hydroxylation is 2. The average Bonchev–Trinajstić information content (AvgIpc) is 2.53. The lowest BCUT2D eigenvalue weighted by Gasteiger charge is -2.09. The highest BCUT2D eigenvalue weighted by molar-refractivity contribution is 5.82.